The standard InChI is InChI=1S/C14H15F2NO2/c1-19-13(18)11-3-2-10(8-12(11)17)9-4-6-14(15,16)7-5-9/h2-4,8H,5-7,17H2,1H3. The van der Waals surface area contributed by atoms with Gasteiger partial charge in [-0.15, -0.1) is 0 Å². The van der Waals surface area contributed by atoms with Crippen molar-refractivity contribution < 1.29 is 18.3 Å². The molecule has 0 saturated carbocycles. The fraction of sp³-hybridized carbons (Fsp3) is 0.357. The number of benzene rings is 1. The van der Waals surface area contributed by atoms with Crippen LogP contribution in [-0.4, -0.2) is 19.0 Å². The second-order valence-corrected chi connectivity index (χ2v) is 4.58. The first-order valence-electron chi connectivity index (χ1n) is 5.98. The topological polar surface area (TPSA) is 52.3 Å². The molecule has 0 spiro atoms. The monoisotopic (exact) mass is 267 g/mol. The van der Waals surface area contributed by atoms with Crippen LogP contribution in [0.4, 0.5) is 14.5 Å². The normalized spacial score (nSPS) is 17.7. The minimum atomic E-state index is -2.61. The summed E-state index contributed by atoms with van der Waals surface area (Å²) in [4.78, 5) is 11.4. The minimum Gasteiger partial charge on any atom is -0.465 e. The number of esters is 1. The van der Waals surface area contributed by atoms with Crippen LogP contribution in [-0.2, 0) is 4.74 Å². The highest BCUT2D eigenvalue weighted by atomic mass is 19.3. The zero-order valence-electron chi connectivity index (χ0n) is 10.6. The summed E-state index contributed by atoms with van der Waals surface area (Å²) in [5.41, 5.74) is 7.98. The fourth-order valence-corrected chi connectivity index (χ4v) is 2.11. The number of rotatable bonds is 2. The van der Waals surface area contributed by atoms with Crippen LogP contribution >= 0.6 is 0 Å². The van der Waals surface area contributed by atoms with Crippen LogP contribution in [0, 0.1) is 0 Å². The molecule has 0 amide bonds. The lowest BCUT2D eigenvalue weighted by Gasteiger charge is -2.21. The lowest BCUT2D eigenvalue weighted by atomic mass is 9.91. The SMILES string of the molecule is COC(=O)c1ccc(C2=CCC(F)(F)CC2)cc1N. The molecule has 0 radical (unpaired) electrons. The Morgan fingerprint density at radius 3 is 2.68 bits per heavy atom. The van der Waals surface area contributed by atoms with Gasteiger partial charge < -0.3 is 10.5 Å². The Labute approximate surface area is 110 Å². The number of anilines is 1. The summed E-state index contributed by atoms with van der Waals surface area (Å²) in [6.07, 6.45) is 1.44. The van der Waals surface area contributed by atoms with Gasteiger partial charge in [0.1, 0.15) is 0 Å². The number of ether oxygens (including phenoxy) is 1. The molecule has 5 heteroatoms. The van der Waals surface area contributed by atoms with Crippen molar-refractivity contribution in [2.75, 3.05) is 12.8 Å². The van der Waals surface area contributed by atoms with E-state index in [1.54, 1.807) is 18.2 Å². The maximum absolute atomic E-state index is 13.1. The van der Waals surface area contributed by atoms with Crippen LogP contribution in [0.2, 0.25) is 0 Å². The van der Waals surface area contributed by atoms with E-state index >= 15 is 0 Å². The number of halogens is 2. The van der Waals surface area contributed by atoms with E-state index in [1.807, 2.05) is 0 Å². The predicted molar refractivity (Wildman–Crippen MR) is 69.0 cm³/mol. The number of carbonyl (C=O) groups is 1. The predicted octanol–water partition coefficient (Wildman–Crippen LogP) is 3.26. The maximum Gasteiger partial charge on any atom is 0.339 e. The van der Waals surface area contributed by atoms with Gasteiger partial charge in [0.25, 0.3) is 5.92 Å². The number of hydrogen-bond acceptors (Lipinski definition) is 3. The van der Waals surface area contributed by atoms with Gasteiger partial charge in [-0.25, -0.2) is 13.6 Å². The van der Waals surface area contributed by atoms with Crippen molar-refractivity contribution in [2.24, 2.45) is 0 Å². The first-order chi connectivity index (χ1) is 8.93. The number of hydrogen-bond donors (Lipinski definition) is 1. The Balaban J connectivity index is 2.26. The van der Waals surface area contributed by atoms with Crippen molar-refractivity contribution in [3.8, 4) is 0 Å². The van der Waals surface area contributed by atoms with Crippen LogP contribution in [0.3, 0.4) is 0 Å². The van der Waals surface area contributed by atoms with Gasteiger partial charge in [0.15, 0.2) is 0 Å². The highest BCUT2D eigenvalue weighted by Crippen LogP contribution is 2.36. The Hall–Kier alpha value is -1.91. The van der Waals surface area contributed by atoms with Crippen molar-refractivity contribution in [3.05, 3.63) is 35.4 Å². The van der Waals surface area contributed by atoms with Crippen molar-refractivity contribution >= 4 is 17.2 Å². The van der Waals surface area contributed by atoms with Crippen LogP contribution in [0.1, 0.15) is 35.2 Å². The smallest absolute Gasteiger partial charge is 0.339 e. The first-order valence-corrected chi connectivity index (χ1v) is 5.98. The average molecular weight is 267 g/mol. The van der Waals surface area contributed by atoms with Gasteiger partial charge in [0.05, 0.1) is 12.7 Å². The third-order valence-corrected chi connectivity index (χ3v) is 3.23. The molecular weight excluding hydrogens is 252 g/mol. The van der Waals surface area contributed by atoms with Crippen molar-refractivity contribution in [3.63, 3.8) is 0 Å². The number of carbonyl (C=O) groups excluding carboxylic acids is 1. The van der Waals surface area contributed by atoms with Crippen LogP contribution < -0.4 is 5.73 Å². The molecule has 1 aromatic carbocycles. The van der Waals surface area contributed by atoms with Gasteiger partial charge in [-0.1, -0.05) is 12.1 Å². The van der Waals surface area contributed by atoms with Crippen molar-refractivity contribution in [1.82, 2.24) is 0 Å². The molecule has 0 heterocycles. The Bertz CT molecular complexity index is 538. The van der Waals surface area contributed by atoms with Crippen LogP contribution in [0.15, 0.2) is 24.3 Å². The minimum absolute atomic E-state index is 0.155. The lowest BCUT2D eigenvalue weighted by Crippen LogP contribution is -2.18. The molecule has 102 valence electrons. The fourth-order valence-electron chi connectivity index (χ4n) is 2.11. The summed E-state index contributed by atoms with van der Waals surface area (Å²) in [6, 6.07) is 4.89. The van der Waals surface area contributed by atoms with Gasteiger partial charge >= 0.3 is 5.97 Å². The lowest BCUT2D eigenvalue weighted by molar-refractivity contribution is -0.00603. The zero-order valence-corrected chi connectivity index (χ0v) is 10.6. The summed E-state index contributed by atoms with van der Waals surface area (Å²) in [5.74, 6) is -3.12. The second kappa shape index (κ2) is 4.99. The average Bonchev–Trinajstić information content (AvgIpc) is 2.37. The van der Waals surface area contributed by atoms with E-state index in [2.05, 4.69) is 4.74 Å². The van der Waals surface area contributed by atoms with Crippen molar-refractivity contribution in [1.29, 1.82) is 0 Å². The van der Waals surface area contributed by atoms with E-state index < -0.39 is 11.9 Å². The highest BCUT2D eigenvalue weighted by molar-refractivity contribution is 5.95. The number of nitrogens with two attached hydrogens (primary N) is 1. The highest BCUT2D eigenvalue weighted by Gasteiger charge is 2.31. The molecule has 1 aliphatic rings. The molecule has 2 N–H and O–H groups in total. The second-order valence-electron chi connectivity index (χ2n) is 4.58. The van der Waals surface area contributed by atoms with E-state index in [0.717, 1.165) is 11.1 Å². The van der Waals surface area contributed by atoms with Gasteiger partial charge in [-0.2, -0.15) is 0 Å². The van der Waals surface area contributed by atoms with E-state index in [0.29, 0.717) is 12.1 Å². The van der Waals surface area contributed by atoms with Crippen LogP contribution in [0.25, 0.3) is 5.57 Å². The third-order valence-electron chi connectivity index (χ3n) is 3.23. The molecule has 0 fully saturated rings. The Kier molecular flexibility index (Phi) is 3.55. The van der Waals surface area contributed by atoms with Crippen molar-refractivity contribution in [2.45, 2.75) is 25.2 Å². The third kappa shape index (κ3) is 2.92. The quantitative estimate of drug-likeness (QED) is 0.661. The summed E-state index contributed by atoms with van der Waals surface area (Å²) in [5, 5.41) is 0. The van der Waals surface area contributed by atoms with E-state index in [9.17, 15) is 13.6 Å². The number of alkyl halides is 2. The number of nitrogen functional groups attached to an aromatic ring is 1. The summed E-state index contributed by atoms with van der Waals surface area (Å²) in [6.45, 7) is 0. The molecule has 0 aromatic heterocycles. The molecule has 2 rings (SSSR count). The maximum atomic E-state index is 13.1. The van der Waals surface area contributed by atoms with Gasteiger partial charge in [0, 0.05) is 18.5 Å². The molecule has 0 unspecified atom stereocenters. The number of allylic oxidation sites excluding steroid dienone is 2. The summed E-state index contributed by atoms with van der Waals surface area (Å²) >= 11 is 0. The number of methoxy groups -OCH3 is 1. The molecule has 0 atom stereocenters. The molecule has 3 nitrogen and oxygen atoms in total. The molecule has 19 heavy (non-hydrogen) atoms. The Morgan fingerprint density at radius 2 is 2.16 bits per heavy atom. The van der Waals surface area contributed by atoms with E-state index in [-0.39, 0.29) is 18.4 Å². The molecule has 0 bridgehead atoms. The van der Waals surface area contributed by atoms with Gasteiger partial charge in [0.2, 0.25) is 0 Å². The molecular formula is C14H15F2NO2. The van der Waals surface area contributed by atoms with Gasteiger partial charge in [-0.3, -0.25) is 0 Å². The van der Waals surface area contributed by atoms with Gasteiger partial charge in [-0.05, 0) is 29.7 Å². The van der Waals surface area contributed by atoms with Crippen LogP contribution in [0.5, 0.6) is 0 Å². The molecule has 0 aliphatic heterocycles. The zero-order chi connectivity index (χ0) is 14.0. The molecule has 1 aliphatic carbocycles. The van der Waals surface area contributed by atoms with E-state index in [1.165, 1.54) is 13.2 Å². The Morgan fingerprint density at radius 1 is 1.42 bits per heavy atom. The summed E-state index contributed by atoms with van der Waals surface area (Å²) < 4.78 is 30.7. The summed E-state index contributed by atoms with van der Waals surface area (Å²) in [7, 11) is 1.28. The molecule has 0 saturated heterocycles. The van der Waals surface area contributed by atoms with E-state index in [4.69, 9.17) is 5.73 Å². The molecule has 1 aromatic rings. The largest absolute Gasteiger partial charge is 0.465 e. The first kappa shape index (κ1) is 13.5.